The predicted molar refractivity (Wildman–Crippen MR) is 125 cm³/mol. The monoisotopic (exact) mass is 477 g/mol. The highest BCUT2D eigenvalue weighted by molar-refractivity contribution is 7.89. The number of carbonyl (C=O) groups is 2. The van der Waals surface area contributed by atoms with Crippen molar-refractivity contribution in [3.63, 3.8) is 0 Å². The Balaban J connectivity index is 1.33. The SMILES string of the molecule is O=C(CCNS(=O)(=O)c1ccc2c(c1)CCCC2)NCCCC(=O)Nc1ccc(Cl)cc1. The second kappa shape index (κ2) is 11.4. The average molecular weight is 478 g/mol. The standard InChI is InChI=1S/C23H28ClN3O4S/c24-19-8-10-20(11-9-19)27-23(29)6-3-14-25-22(28)13-15-26-32(30,31)21-12-7-17-4-1-2-5-18(17)16-21/h7-12,16,26H,1-6,13-15H2,(H,25,28)(H,27,29). The van der Waals surface area contributed by atoms with Gasteiger partial charge in [-0.25, -0.2) is 13.1 Å². The van der Waals surface area contributed by atoms with E-state index in [4.69, 9.17) is 11.6 Å². The molecule has 9 heteroatoms. The molecule has 3 N–H and O–H groups in total. The lowest BCUT2D eigenvalue weighted by molar-refractivity contribution is -0.121. The van der Waals surface area contributed by atoms with E-state index in [0.29, 0.717) is 23.7 Å². The Morgan fingerprint density at radius 3 is 2.34 bits per heavy atom. The maximum atomic E-state index is 12.5. The average Bonchev–Trinajstić information content (AvgIpc) is 2.78. The summed E-state index contributed by atoms with van der Waals surface area (Å²) in [4.78, 5) is 24.1. The third-order valence-corrected chi connectivity index (χ3v) is 7.02. The van der Waals surface area contributed by atoms with Gasteiger partial charge in [-0.2, -0.15) is 0 Å². The van der Waals surface area contributed by atoms with Gasteiger partial charge in [0.15, 0.2) is 0 Å². The van der Waals surface area contributed by atoms with Crippen LogP contribution in [0.25, 0.3) is 0 Å². The van der Waals surface area contributed by atoms with Crippen LogP contribution in [0.15, 0.2) is 47.4 Å². The Morgan fingerprint density at radius 2 is 1.59 bits per heavy atom. The molecule has 0 fully saturated rings. The van der Waals surface area contributed by atoms with Crippen LogP contribution in [0.4, 0.5) is 5.69 Å². The smallest absolute Gasteiger partial charge is 0.240 e. The van der Waals surface area contributed by atoms with E-state index in [-0.39, 0.29) is 36.1 Å². The molecule has 0 radical (unpaired) electrons. The van der Waals surface area contributed by atoms with Gasteiger partial charge in [0.25, 0.3) is 0 Å². The van der Waals surface area contributed by atoms with E-state index >= 15 is 0 Å². The number of carbonyl (C=O) groups excluding carboxylic acids is 2. The maximum absolute atomic E-state index is 12.5. The molecular weight excluding hydrogens is 450 g/mol. The van der Waals surface area contributed by atoms with Crippen molar-refractivity contribution < 1.29 is 18.0 Å². The zero-order chi connectivity index (χ0) is 23.0. The van der Waals surface area contributed by atoms with Crippen molar-refractivity contribution in [2.75, 3.05) is 18.4 Å². The Morgan fingerprint density at radius 1 is 0.875 bits per heavy atom. The lowest BCUT2D eigenvalue weighted by Crippen LogP contribution is -2.31. The number of anilines is 1. The van der Waals surface area contributed by atoms with Crippen LogP contribution in [0.3, 0.4) is 0 Å². The van der Waals surface area contributed by atoms with Crippen LogP contribution >= 0.6 is 11.6 Å². The molecule has 0 aliphatic heterocycles. The van der Waals surface area contributed by atoms with Crippen LogP contribution in [-0.2, 0) is 32.5 Å². The van der Waals surface area contributed by atoms with E-state index in [1.165, 1.54) is 5.56 Å². The summed E-state index contributed by atoms with van der Waals surface area (Å²) in [6.45, 7) is 0.354. The zero-order valence-corrected chi connectivity index (χ0v) is 19.4. The molecule has 0 bridgehead atoms. The predicted octanol–water partition coefficient (Wildman–Crippen LogP) is 3.42. The molecule has 2 amide bonds. The van der Waals surface area contributed by atoms with Gasteiger partial charge in [-0.3, -0.25) is 9.59 Å². The Hall–Kier alpha value is -2.42. The number of hydrogen-bond donors (Lipinski definition) is 3. The first-order chi connectivity index (χ1) is 15.3. The Labute approximate surface area is 194 Å². The molecule has 0 spiro atoms. The van der Waals surface area contributed by atoms with Crippen LogP contribution in [-0.4, -0.2) is 33.3 Å². The highest BCUT2D eigenvalue weighted by atomic mass is 35.5. The topological polar surface area (TPSA) is 104 Å². The molecule has 0 heterocycles. The minimum Gasteiger partial charge on any atom is -0.356 e. The molecule has 1 aliphatic carbocycles. The quantitative estimate of drug-likeness (QED) is 0.456. The molecule has 0 saturated heterocycles. The second-order valence-electron chi connectivity index (χ2n) is 7.79. The summed E-state index contributed by atoms with van der Waals surface area (Å²) >= 11 is 5.81. The molecule has 7 nitrogen and oxygen atoms in total. The molecule has 2 aromatic carbocycles. The number of fused-ring (bicyclic) bond motifs is 1. The third-order valence-electron chi connectivity index (χ3n) is 5.31. The van der Waals surface area contributed by atoms with Crippen molar-refractivity contribution in [2.24, 2.45) is 0 Å². The highest BCUT2D eigenvalue weighted by Crippen LogP contribution is 2.24. The van der Waals surface area contributed by atoms with Crippen LogP contribution in [0.1, 0.15) is 43.2 Å². The number of benzene rings is 2. The van der Waals surface area contributed by atoms with Gasteiger partial charge >= 0.3 is 0 Å². The summed E-state index contributed by atoms with van der Waals surface area (Å²) in [5, 5.41) is 6.05. The number of nitrogens with one attached hydrogen (secondary N) is 3. The van der Waals surface area contributed by atoms with Gasteiger partial charge in [0.1, 0.15) is 0 Å². The van der Waals surface area contributed by atoms with Crippen LogP contribution in [0.5, 0.6) is 0 Å². The van der Waals surface area contributed by atoms with E-state index in [1.54, 1.807) is 36.4 Å². The molecule has 2 aromatic rings. The molecule has 1 aliphatic rings. The summed E-state index contributed by atoms with van der Waals surface area (Å²) < 4.78 is 27.5. The lowest BCUT2D eigenvalue weighted by atomic mass is 9.92. The lowest BCUT2D eigenvalue weighted by Gasteiger charge is -2.16. The van der Waals surface area contributed by atoms with E-state index in [1.807, 2.05) is 6.07 Å². The van der Waals surface area contributed by atoms with Crippen molar-refractivity contribution in [2.45, 2.75) is 49.8 Å². The number of sulfonamides is 1. The number of hydrogen-bond acceptors (Lipinski definition) is 4. The summed E-state index contributed by atoms with van der Waals surface area (Å²) in [5.74, 6) is -0.421. The largest absolute Gasteiger partial charge is 0.356 e. The van der Waals surface area contributed by atoms with Crippen LogP contribution in [0.2, 0.25) is 5.02 Å². The minimum atomic E-state index is -3.65. The van der Waals surface area contributed by atoms with Gasteiger partial charge in [-0.15, -0.1) is 0 Å². The molecule has 3 rings (SSSR count). The van der Waals surface area contributed by atoms with Crippen molar-refractivity contribution in [1.29, 1.82) is 0 Å². The number of halogens is 1. The Kier molecular flexibility index (Phi) is 8.67. The normalized spacial score (nSPS) is 13.3. The molecule has 0 atom stereocenters. The first kappa shape index (κ1) is 24.2. The van der Waals surface area contributed by atoms with Crippen molar-refractivity contribution in [3.8, 4) is 0 Å². The summed E-state index contributed by atoms with van der Waals surface area (Å²) in [6, 6.07) is 12.1. The van der Waals surface area contributed by atoms with E-state index in [9.17, 15) is 18.0 Å². The second-order valence-corrected chi connectivity index (χ2v) is 10.00. The molecule has 0 unspecified atom stereocenters. The fourth-order valence-electron chi connectivity index (χ4n) is 3.58. The molecule has 0 saturated carbocycles. The highest BCUT2D eigenvalue weighted by Gasteiger charge is 2.17. The van der Waals surface area contributed by atoms with Gasteiger partial charge in [0.05, 0.1) is 4.90 Å². The maximum Gasteiger partial charge on any atom is 0.240 e. The van der Waals surface area contributed by atoms with Crippen LogP contribution in [0, 0.1) is 0 Å². The summed E-state index contributed by atoms with van der Waals surface area (Å²) in [6.07, 6.45) is 4.87. The van der Waals surface area contributed by atoms with Gasteiger partial charge in [-0.05, 0) is 79.6 Å². The summed E-state index contributed by atoms with van der Waals surface area (Å²) in [5.41, 5.74) is 2.98. The minimum absolute atomic E-state index is 0.0162. The fourth-order valence-corrected chi connectivity index (χ4v) is 4.79. The van der Waals surface area contributed by atoms with E-state index < -0.39 is 10.0 Å². The fraction of sp³-hybridized carbons (Fsp3) is 0.391. The van der Waals surface area contributed by atoms with E-state index in [2.05, 4.69) is 15.4 Å². The number of rotatable bonds is 10. The van der Waals surface area contributed by atoms with Crippen LogP contribution < -0.4 is 15.4 Å². The van der Waals surface area contributed by atoms with Gasteiger partial charge in [-0.1, -0.05) is 17.7 Å². The van der Waals surface area contributed by atoms with Crippen molar-refractivity contribution in [3.05, 3.63) is 58.6 Å². The number of aryl methyl sites for hydroxylation is 2. The molecule has 172 valence electrons. The van der Waals surface area contributed by atoms with Crippen molar-refractivity contribution in [1.82, 2.24) is 10.0 Å². The molecular formula is C23H28ClN3O4S. The molecule has 32 heavy (non-hydrogen) atoms. The van der Waals surface area contributed by atoms with Gasteiger partial charge in [0.2, 0.25) is 21.8 Å². The van der Waals surface area contributed by atoms with Crippen molar-refractivity contribution >= 4 is 39.1 Å². The first-order valence-corrected chi connectivity index (χ1v) is 12.6. The molecule has 0 aromatic heterocycles. The van der Waals surface area contributed by atoms with E-state index in [0.717, 1.165) is 31.2 Å². The van der Waals surface area contributed by atoms with Gasteiger partial charge in [0, 0.05) is 36.6 Å². The van der Waals surface area contributed by atoms with Gasteiger partial charge < -0.3 is 10.6 Å². The first-order valence-electron chi connectivity index (χ1n) is 10.8. The zero-order valence-electron chi connectivity index (χ0n) is 17.8. The number of amides is 2. The Bertz CT molecular complexity index is 1060. The summed E-state index contributed by atoms with van der Waals surface area (Å²) in [7, 11) is -3.65. The third kappa shape index (κ3) is 7.32.